The first-order chi connectivity index (χ1) is 7.13. The predicted octanol–water partition coefficient (Wildman–Crippen LogP) is 2.38. The minimum atomic E-state index is 0.0158. The van der Waals surface area contributed by atoms with Crippen LogP contribution in [-0.4, -0.2) is 18.7 Å². The largest absolute Gasteiger partial charge is 0.385 e. The second-order valence-electron chi connectivity index (χ2n) is 4.15. The molecule has 0 saturated heterocycles. The van der Waals surface area contributed by atoms with E-state index in [4.69, 9.17) is 10.5 Å². The molecule has 0 bridgehead atoms. The molecule has 0 aliphatic heterocycles. The summed E-state index contributed by atoms with van der Waals surface area (Å²) in [5.41, 5.74) is 7.00. The SMILES string of the molecule is COCCC(N)c1csc(CC(C)C)n1. The topological polar surface area (TPSA) is 48.1 Å². The summed E-state index contributed by atoms with van der Waals surface area (Å²) in [5.74, 6) is 0.652. The lowest BCUT2D eigenvalue weighted by Gasteiger charge is -2.07. The maximum Gasteiger partial charge on any atom is 0.0931 e. The lowest BCUT2D eigenvalue weighted by molar-refractivity contribution is 0.187. The average molecular weight is 228 g/mol. The van der Waals surface area contributed by atoms with Crippen LogP contribution < -0.4 is 5.73 Å². The van der Waals surface area contributed by atoms with Gasteiger partial charge >= 0.3 is 0 Å². The Kier molecular flexibility index (Phi) is 5.22. The molecule has 0 aromatic carbocycles. The minimum absolute atomic E-state index is 0.0158. The van der Waals surface area contributed by atoms with Crippen LogP contribution >= 0.6 is 11.3 Å². The zero-order valence-corrected chi connectivity index (χ0v) is 10.5. The number of aromatic nitrogens is 1. The van der Waals surface area contributed by atoms with Gasteiger partial charge in [-0.3, -0.25) is 0 Å². The second kappa shape index (κ2) is 6.20. The smallest absolute Gasteiger partial charge is 0.0931 e. The average Bonchev–Trinajstić information content (AvgIpc) is 2.61. The maximum absolute atomic E-state index is 5.99. The van der Waals surface area contributed by atoms with Crippen LogP contribution in [0.25, 0.3) is 0 Å². The minimum Gasteiger partial charge on any atom is -0.385 e. The Morgan fingerprint density at radius 3 is 2.87 bits per heavy atom. The summed E-state index contributed by atoms with van der Waals surface area (Å²) in [6, 6.07) is 0.0158. The van der Waals surface area contributed by atoms with Gasteiger partial charge in [0.2, 0.25) is 0 Å². The molecule has 1 aromatic rings. The van der Waals surface area contributed by atoms with Crippen LogP contribution in [0, 0.1) is 5.92 Å². The molecule has 0 amide bonds. The first-order valence-corrected chi connectivity index (χ1v) is 6.20. The standard InChI is InChI=1S/C11H20N2OS/c1-8(2)6-11-13-10(7-15-11)9(12)4-5-14-3/h7-9H,4-6,12H2,1-3H3. The van der Waals surface area contributed by atoms with Crippen molar-refractivity contribution in [2.45, 2.75) is 32.7 Å². The molecule has 0 saturated carbocycles. The summed E-state index contributed by atoms with van der Waals surface area (Å²) < 4.78 is 5.00. The van der Waals surface area contributed by atoms with E-state index in [0.717, 1.165) is 18.5 Å². The third-order valence-electron chi connectivity index (χ3n) is 2.17. The number of nitrogens with two attached hydrogens (primary N) is 1. The van der Waals surface area contributed by atoms with Gasteiger partial charge in [-0.1, -0.05) is 13.8 Å². The molecule has 86 valence electrons. The van der Waals surface area contributed by atoms with Gasteiger partial charge in [-0.15, -0.1) is 11.3 Å². The van der Waals surface area contributed by atoms with Crippen molar-refractivity contribution in [1.29, 1.82) is 0 Å². The summed E-state index contributed by atoms with van der Waals surface area (Å²) in [4.78, 5) is 4.54. The van der Waals surface area contributed by atoms with Crippen molar-refractivity contribution in [3.8, 4) is 0 Å². The second-order valence-corrected chi connectivity index (χ2v) is 5.09. The van der Waals surface area contributed by atoms with Gasteiger partial charge in [0.1, 0.15) is 0 Å². The van der Waals surface area contributed by atoms with E-state index in [1.807, 2.05) is 0 Å². The number of ether oxygens (including phenoxy) is 1. The molecule has 0 radical (unpaired) electrons. The number of thiazole rings is 1. The lowest BCUT2D eigenvalue weighted by Crippen LogP contribution is -2.13. The summed E-state index contributed by atoms with van der Waals surface area (Å²) in [7, 11) is 1.69. The van der Waals surface area contributed by atoms with E-state index in [1.54, 1.807) is 18.4 Å². The Morgan fingerprint density at radius 1 is 1.53 bits per heavy atom. The molecule has 3 nitrogen and oxygen atoms in total. The molecule has 1 unspecified atom stereocenters. The van der Waals surface area contributed by atoms with Gasteiger partial charge in [0.05, 0.1) is 16.7 Å². The van der Waals surface area contributed by atoms with Gasteiger partial charge in [0.25, 0.3) is 0 Å². The normalized spacial score (nSPS) is 13.4. The van der Waals surface area contributed by atoms with E-state index in [1.165, 1.54) is 5.01 Å². The zero-order chi connectivity index (χ0) is 11.3. The molecular weight excluding hydrogens is 208 g/mol. The number of methoxy groups -OCH3 is 1. The van der Waals surface area contributed by atoms with Crippen LogP contribution in [0.2, 0.25) is 0 Å². The Hall–Kier alpha value is -0.450. The van der Waals surface area contributed by atoms with Crippen LogP contribution in [0.5, 0.6) is 0 Å². The van der Waals surface area contributed by atoms with Crippen molar-refractivity contribution >= 4 is 11.3 Å². The fraction of sp³-hybridized carbons (Fsp3) is 0.727. The van der Waals surface area contributed by atoms with E-state index < -0.39 is 0 Å². The molecule has 1 heterocycles. The zero-order valence-electron chi connectivity index (χ0n) is 9.69. The summed E-state index contributed by atoms with van der Waals surface area (Å²) in [6.07, 6.45) is 1.88. The lowest BCUT2D eigenvalue weighted by atomic mass is 10.1. The van der Waals surface area contributed by atoms with Crippen molar-refractivity contribution < 1.29 is 4.74 Å². The Bertz CT molecular complexity index is 286. The fourth-order valence-electron chi connectivity index (χ4n) is 1.33. The molecule has 1 aromatic heterocycles. The van der Waals surface area contributed by atoms with E-state index in [2.05, 4.69) is 24.2 Å². The van der Waals surface area contributed by atoms with E-state index in [9.17, 15) is 0 Å². The van der Waals surface area contributed by atoms with E-state index in [-0.39, 0.29) is 6.04 Å². The van der Waals surface area contributed by atoms with Crippen molar-refractivity contribution in [3.63, 3.8) is 0 Å². The van der Waals surface area contributed by atoms with Gasteiger partial charge in [0, 0.05) is 25.5 Å². The van der Waals surface area contributed by atoms with Crippen molar-refractivity contribution in [2.75, 3.05) is 13.7 Å². The first-order valence-electron chi connectivity index (χ1n) is 5.32. The molecule has 0 aliphatic rings. The fourth-order valence-corrected chi connectivity index (χ4v) is 2.40. The van der Waals surface area contributed by atoms with Crippen LogP contribution in [0.3, 0.4) is 0 Å². The first kappa shape index (κ1) is 12.6. The molecule has 0 spiro atoms. The van der Waals surface area contributed by atoms with Gasteiger partial charge in [-0.2, -0.15) is 0 Å². The number of rotatable bonds is 6. The highest BCUT2D eigenvalue weighted by Gasteiger charge is 2.10. The molecule has 1 rings (SSSR count). The Morgan fingerprint density at radius 2 is 2.27 bits per heavy atom. The van der Waals surface area contributed by atoms with Gasteiger partial charge in [-0.25, -0.2) is 4.98 Å². The van der Waals surface area contributed by atoms with Crippen molar-refractivity contribution in [1.82, 2.24) is 4.98 Å². The maximum atomic E-state index is 5.99. The highest BCUT2D eigenvalue weighted by atomic mass is 32.1. The van der Waals surface area contributed by atoms with Gasteiger partial charge in [0.15, 0.2) is 0 Å². The third kappa shape index (κ3) is 4.28. The molecule has 1 atom stereocenters. The molecule has 4 heteroatoms. The quantitative estimate of drug-likeness (QED) is 0.813. The van der Waals surface area contributed by atoms with Crippen LogP contribution in [-0.2, 0) is 11.2 Å². The Labute approximate surface area is 95.7 Å². The highest BCUT2D eigenvalue weighted by molar-refractivity contribution is 7.09. The molecule has 2 N–H and O–H groups in total. The van der Waals surface area contributed by atoms with Gasteiger partial charge < -0.3 is 10.5 Å². The van der Waals surface area contributed by atoms with E-state index in [0.29, 0.717) is 12.5 Å². The van der Waals surface area contributed by atoms with Crippen LogP contribution in [0.4, 0.5) is 0 Å². The van der Waals surface area contributed by atoms with Crippen molar-refractivity contribution in [3.05, 3.63) is 16.1 Å². The Balaban J connectivity index is 2.51. The number of hydrogen-bond donors (Lipinski definition) is 1. The molecular formula is C11H20N2OS. The molecule has 0 aliphatic carbocycles. The van der Waals surface area contributed by atoms with E-state index >= 15 is 0 Å². The predicted molar refractivity (Wildman–Crippen MR) is 64.1 cm³/mol. The van der Waals surface area contributed by atoms with Crippen molar-refractivity contribution in [2.24, 2.45) is 11.7 Å². The molecule has 15 heavy (non-hydrogen) atoms. The highest BCUT2D eigenvalue weighted by Crippen LogP contribution is 2.19. The number of nitrogens with zero attached hydrogens (tertiary/aromatic N) is 1. The third-order valence-corrected chi connectivity index (χ3v) is 3.05. The summed E-state index contributed by atoms with van der Waals surface area (Å²) in [6.45, 7) is 5.09. The number of hydrogen-bond acceptors (Lipinski definition) is 4. The van der Waals surface area contributed by atoms with Crippen LogP contribution in [0.15, 0.2) is 5.38 Å². The summed E-state index contributed by atoms with van der Waals surface area (Å²) >= 11 is 1.71. The van der Waals surface area contributed by atoms with Gasteiger partial charge in [-0.05, 0) is 12.3 Å². The van der Waals surface area contributed by atoms with Crippen LogP contribution in [0.1, 0.15) is 37.0 Å². The molecule has 0 fully saturated rings. The monoisotopic (exact) mass is 228 g/mol. The summed E-state index contributed by atoms with van der Waals surface area (Å²) in [5, 5.41) is 3.26.